The summed E-state index contributed by atoms with van der Waals surface area (Å²) >= 11 is 0. The number of aliphatic hydroxyl groups is 1. The van der Waals surface area contributed by atoms with Crippen molar-refractivity contribution >= 4 is 5.91 Å². The summed E-state index contributed by atoms with van der Waals surface area (Å²) in [6.45, 7) is 3.05. The zero-order valence-electron chi connectivity index (χ0n) is 9.91. The van der Waals surface area contributed by atoms with E-state index in [1.54, 1.807) is 23.2 Å². The fourth-order valence-corrected chi connectivity index (χ4v) is 1.88. The Morgan fingerprint density at radius 1 is 1.41 bits per heavy atom. The van der Waals surface area contributed by atoms with Crippen LogP contribution in [0.3, 0.4) is 0 Å². The zero-order valence-corrected chi connectivity index (χ0v) is 9.91. The minimum Gasteiger partial charge on any atom is -0.378 e. The number of piperazine rings is 1. The average molecular weight is 235 g/mol. The molecule has 1 aliphatic heterocycles. The van der Waals surface area contributed by atoms with Crippen LogP contribution in [0, 0.1) is 0 Å². The summed E-state index contributed by atoms with van der Waals surface area (Å²) in [5.41, 5.74) is 0.552. The van der Waals surface area contributed by atoms with Crippen LogP contribution in [0.2, 0.25) is 0 Å². The fourth-order valence-electron chi connectivity index (χ4n) is 1.88. The Bertz CT molecular complexity index is 375. The maximum absolute atomic E-state index is 12.0. The number of likely N-dealkylation sites (N-methyl/N-ethyl adjacent to an activating group) is 1. The van der Waals surface area contributed by atoms with Gasteiger partial charge in [0.2, 0.25) is 0 Å². The molecule has 1 atom stereocenters. The molecule has 1 saturated heterocycles. The van der Waals surface area contributed by atoms with E-state index in [1.807, 2.05) is 7.05 Å². The molecule has 0 aromatic carbocycles. The Morgan fingerprint density at radius 3 is 2.71 bits per heavy atom. The van der Waals surface area contributed by atoms with Gasteiger partial charge in [0.1, 0.15) is 0 Å². The van der Waals surface area contributed by atoms with Crippen LogP contribution in [0.4, 0.5) is 0 Å². The normalized spacial score (nSPS) is 19.1. The first-order valence-electron chi connectivity index (χ1n) is 5.74. The maximum atomic E-state index is 12.0. The molecule has 5 heteroatoms. The predicted molar refractivity (Wildman–Crippen MR) is 63.3 cm³/mol. The predicted octanol–water partition coefficient (Wildman–Crippen LogP) is -0.111. The Kier molecular flexibility index (Phi) is 3.71. The fraction of sp³-hybridized carbons (Fsp3) is 0.500. The molecule has 1 aromatic rings. The van der Waals surface area contributed by atoms with E-state index >= 15 is 0 Å². The summed E-state index contributed by atoms with van der Waals surface area (Å²) in [5, 5.41) is 9.96. The van der Waals surface area contributed by atoms with Gasteiger partial charge < -0.3 is 14.9 Å². The molecule has 0 saturated carbocycles. The maximum Gasteiger partial charge on any atom is 0.256 e. The van der Waals surface area contributed by atoms with Gasteiger partial charge in [-0.05, 0) is 13.1 Å². The number of nitrogens with zero attached hydrogens (tertiary/aromatic N) is 3. The molecule has 1 amide bonds. The Labute approximate surface area is 101 Å². The lowest BCUT2D eigenvalue weighted by atomic mass is 10.1. The number of carbonyl (C=O) groups is 1. The minimum atomic E-state index is -1.09. The number of rotatable bonds is 2. The van der Waals surface area contributed by atoms with E-state index in [4.69, 9.17) is 0 Å². The number of hydrogen-bond donors (Lipinski definition) is 1. The molecule has 1 aromatic heterocycles. The Balaban J connectivity index is 2.00. The van der Waals surface area contributed by atoms with Gasteiger partial charge in [-0.25, -0.2) is 0 Å². The Morgan fingerprint density at radius 2 is 2.12 bits per heavy atom. The standard InChI is InChI=1S/C12H17N3O2/c1-14-5-7-15(8-6-14)12(17)11(16)10-3-2-4-13-9-10/h2-4,9,11,16H,5-8H2,1H3. The van der Waals surface area contributed by atoms with Crippen LogP contribution in [-0.2, 0) is 4.79 Å². The molecular formula is C12H17N3O2. The second-order valence-electron chi connectivity index (χ2n) is 4.32. The van der Waals surface area contributed by atoms with Crippen LogP contribution in [0.5, 0.6) is 0 Å². The quantitative estimate of drug-likeness (QED) is 0.777. The lowest BCUT2D eigenvalue weighted by Gasteiger charge is -2.33. The molecule has 2 heterocycles. The highest BCUT2D eigenvalue weighted by Gasteiger charge is 2.26. The largest absolute Gasteiger partial charge is 0.378 e. The number of aliphatic hydroxyl groups excluding tert-OH is 1. The topological polar surface area (TPSA) is 56.7 Å². The third-order valence-electron chi connectivity index (χ3n) is 3.05. The molecule has 0 bridgehead atoms. The van der Waals surface area contributed by atoms with E-state index in [0.29, 0.717) is 18.7 Å². The van der Waals surface area contributed by atoms with Crippen molar-refractivity contribution in [2.45, 2.75) is 6.10 Å². The number of carbonyl (C=O) groups excluding carboxylic acids is 1. The summed E-state index contributed by atoms with van der Waals surface area (Å²) in [5.74, 6) is -0.230. The molecule has 2 rings (SSSR count). The summed E-state index contributed by atoms with van der Waals surface area (Å²) in [6.07, 6.45) is 2.06. The van der Waals surface area contributed by atoms with E-state index in [0.717, 1.165) is 13.1 Å². The van der Waals surface area contributed by atoms with E-state index in [-0.39, 0.29) is 5.91 Å². The van der Waals surface area contributed by atoms with E-state index in [1.165, 1.54) is 6.20 Å². The van der Waals surface area contributed by atoms with Gasteiger partial charge in [-0.2, -0.15) is 0 Å². The van der Waals surface area contributed by atoms with Crippen molar-refractivity contribution in [2.24, 2.45) is 0 Å². The van der Waals surface area contributed by atoms with Crippen molar-refractivity contribution in [3.63, 3.8) is 0 Å². The lowest BCUT2D eigenvalue weighted by molar-refractivity contribution is -0.142. The van der Waals surface area contributed by atoms with Crippen molar-refractivity contribution in [3.05, 3.63) is 30.1 Å². The van der Waals surface area contributed by atoms with Crippen molar-refractivity contribution in [2.75, 3.05) is 33.2 Å². The van der Waals surface area contributed by atoms with Gasteiger partial charge in [0.25, 0.3) is 5.91 Å². The molecule has 5 nitrogen and oxygen atoms in total. The van der Waals surface area contributed by atoms with Crippen LogP contribution >= 0.6 is 0 Å². The van der Waals surface area contributed by atoms with Crippen molar-refractivity contribution in [1.82, 2.24) is 14.8 Å². The molecule has 0 spiro atoms. The van der Waals surface area contributed by atoms with Crippen molar-refractivity contribution in [3.8, 4) is 0 Å². The van der Waals surface area contributed by atoms with Crippen LogP contribution in [0.1, 0.15) is 11.7 Å². The van der Waals surface area contributed by atoms with E-state index in [9.17, 15) is 9.90 Å². The van der Waals surface area contributed by atoms with E-state index in [2.05, 4.69) is 9.88 Å². The van der Waals surface area contributed by atoms with Crippen LogP contribution in [0.15, 0.2) is 24.5 Å². The summed E-state index contributed by atoms with van der Waals surface area (Å²) in [4.78, 5) is 19.8. The molecule has 17 heavy (non-hydrogen) atoms. The van der Waals surface area contributed by atoms with Crippen LogP contribution < -0.4 is 0 Å². The average Bonchev–Trinajstić information content (AvgIpc) is 2.39. The van der Waals surface area contributed by atoms with Gasteiger partial charge in [-0.15, -0.1) is 0 Å². The highest BCUT2D eigenvalue weighted by atomic mass is 16.3. The third kappa shape index (κ3) is 2.81. The summed E-state index contributed by atoms with van der Waals surface area (Å²) in [6, 6.07) is 3.43. The van der Waals surface area contributed by atoms with Crippen LogP contribution in [-0.4, -0.2) is 59.0 Å². The van der Waals surface area contributed by atoms with Crippen molar-refractivity contribution in [1.29, 1.82) is 0 Å². The lowest BCUT2D eigenvalue weighted by Crippen LogP contribution is -2.48. The van der Waals surface area contributed by atoms with Crippen LogP contribution in [0.25, 0.3) is 0 Å². The van der Waals surface area contributed by atoms with Gasteiger partial charge in [-0.3, -0.25) is 9.78 Å². The second kappa shape index (κ2) is 5.25. The zero-order chi connectivity index (χ0) is 12.3. The second-order valence-corrected chi connectivity index (χ2v) is 4.32. The highest BCUT2D eigenvalue weighted by Crippen LogP contribution is 2.15. The SMILES string of the molecule is CN1CCN(C(=O)C(O)c2cccnc2)CC1. The minimum absolute atomic E-state index is 0.230. The van der Waals surface area contributed by atoms with E-state index < -0.39 is 6.10 Å². The molecule has 1 N–H and O–H groups in total. The first-order chi connectivity index (χ1) is 8.18. The number of pyridine rings is 1. The smallest absolute Gasteiger partial charge is 0.256 e. The molecule has 92 valence electrons. The number of aromatic nitrogens is 1. The monoisotopic (exact) mass is 235 g/mol. The van der Waals surface area contributed by atoms with Gasteiger partial charge >= 0.3 is 0 Å². The van der Waals surface area contributed by atoms with Gasteiger partial charge in [0, 0.05) is 44.1 Å². The third-order valence-corrected chi connectivity index (χ3v) is 3.05. The molecule has 0 aliphatic carbocycles. The number of amides is 1. The van der Waals surface area contributed by atoms with Gasteiger partial charge in [0.05, 0.1) is 0 Å². The molecule has 0 radical (unpaired) electrons. The summed E-state index contributed by atoms with van der Waals surface area (Å²) < 4.78 is 0. The Hall–Kier alpha value is -1.46. The van der Waals surface area contributed by atoms with Gasteiger partial charge in [-0.1, -0.05) is 6.07 Å². The molecule has 1 aliphatic rings. The molecular weight excluding hydrogens is 218 g/mol. The highest BCUT2D eigenvalue weighted by molar-refractivity contribution is 5.82. The first kappa shape index (κ1) is 12.0. The molecule has 1 fully saturated rings. The summed E-state index contributed by atoms with van der Waals surface area (Å²) in [7, 11) is 2.03. The van der Waals surface area contributed by atoms with Crippen molar-refractivity contribution < 1.29 is 9.90 Å². The van der Waals surface area contributed by atoms with Gasteiger partial charge in [0.15, 0.2) is 6.10 Å². The number of hydrogen-bond acceptors (Lipinski definition) is 4. The molecule has 1 unspecified atom stereocenters. The first-order valence-corrected chi connectivity index (χ1v) is 5.74.